The lowest BCUT2D eigenvalue weighted by Gasteiger charge is -2.08. The topological polar surface area (TPSA) is 74.7 Å². The first kappa shape index (κ1) is 15.1. The van der Waals surface area contributed by atoms with E-state index >= 15 is 0 Å². The standard InChI is InChI=1S/C16H19NO4/c1-2-19-16(18)15(17)10-13-8-9-14(21-13)11-20-12-6-4-3-5-7-12/h3-9,15H,2,10-11,17H2,1H3. The fourth-order valence-corrected chi connectivity index (χ4v) is 1.83. The molecule has 1 unspecified atom stereocenters. The molecule has 0 aliphatic carbocycles. The highest BCUT2D eigenvalue weighted by molar-refractivity contribution is 5.75. The number of esters is 1. The first-order valence-electron chi connectivity index (χ1n) is 6.86. The molecule has 1 heterocycles. The number of furan rings is 1. The Morgan fingerprint density at radius 3 is 2.62 bits per heavy atom. The van der Waals surface area contributed by atoms with Crippen LogP contribution in [0.4, 0.5) is 0 Å². The molecule has 5 nitrogen and oxygen atoms in total. The third-order valence-corrected chi connectivity index (χ3v) is 2.85. The molecule has 2 rings (SSSR count). The molecule has 0 saturated carbocycles. The van der Waals surface area contributed by atoms with Crippen LogP contribution < -0.4 is 10.5 Å². The highest BCUT2D eigenvalue weighted by Crippen LogP contribution is 2.14. The van der Waals surface area contributed by atoms with Gasteiger partial charge < -0.3 is 19.6 Å². The summed E-state index contributed by atoms with van der Waals surface area (Å²) >= 11 is 0. The van der Waals surface area contributed by atoms with Crippen molar-refractivity contribution in [3.8, 4) is 5.75 Å². The Labute approximate surface area is 123 Å². The average Bonchev–Trinajstić information content (AvgIpc) is 2.94. The number of rotatable bonds is 7. The number of ether oxygens (including phenoxy) is 2. The summed E-state index contributed by atoms with van der Waals surface area (Å²) in [5, 5.41) is 0. The van der Waals surface area contributed by atoms with Crippen LogP contribution in [0.5, 0.6) is 5.75 Å². The molecule has 2 N–H and O–H groups in total. The van der Waals surface area contributed by atoms with Gasteiger partial charge in [-0.05, 0) is 31.2 Å². The second-order valence-electron chi connectivity index (χ2n) is 4.53. The third-order valence-electron chi connectivity index (χ3n) is 2.85. The van der Waals surface area contributed by atoms with E-state index in [1.54, 1.807) is 13.0 Å². The Kier molecular flexibility index (Phi) is 5.40. The summed E-state index contributed by atoms with van der Waals surface area (Å²) in [5.74, 6) is 1.68. The lowest BCUT2D eigenvalue weighted by molar-refractivity contribution is -0.144. The van der Waals surface area contributed by atoms with Gasteiger partial charge in [-0.15, -0.1) is 0 Å². The van der Waals surface area contributed by atoms with Crippen molar-refractivity contribution in [2.24, 2.45) is 5.73 Å². The molecule has 1 atom stereocenters. The smallest absolute Gasteiger partial charge is 0.323 e. The van der Waals surface area contributed by atoms with Crippen LogP contribution in [0.2, 0.25) is 0 Å². The number of carbonyl (C=O) groups excluding carboxylic acids is 1. The number of carbonyl (C=O) groups is 1. The molecule has 0 aliphatic rings. The highest BCUT2D eigenvalue weighted by Gasteiger charge is 2.17. The van der Waals surface area contributed by atoms with Crippen LogP contribution in [0, 0.1) is 0 Å². The lowest BCUT2D eigenvalue weighted by atomic mass is 10.2. The molecule has 0 saturated heterocycles. The van der Waals surface area contributed by atoms with Crippen LogP contribution in [-0.4, -0.2) is 18.6 Å². The van der Waals surface area contributed by atoms with Gasteiger partial charge in [-0.1, -0.05) is 18.2 Å². The van der Waals surface area contributed by atoms with Crippen molar-refractivity contribution in [2.45, 2.75) is 26.0 Å². The number of nitrogens with two attached hydrogens (primary N) is 1. The second kappa shape index (κ2) is 7.50. The van der Waals surface area contributed by atoms with Gasteiger partial charge in [0.15, 0.2) is 0 Å². The number of hydrogen-bond donors (Lipinski definition) is 1. The minimum Gasteiger partial charge on any atom is -0.486 e. The van der Waals surface area contributed by atoms with Gasteiger partial charge in [-0.3, -0.25) is 4.79 Å². The fourth-order valence-electron chi connectivity index (χ4n) is 1.83. The Bertz CT molecular complexity index is 565. The van der Waals surface area contributed by atoms with E-state index in [1.807, 2.05) is 36.4 Å². The zero-order valence-corrected chi connectivity index (χ0v) is 12.0. The zero-order chi connectivity index (χ0) is 15.1. The van der Waals surface area contributed by atoms with E-state index in [9.17, 15) is 4.79 Å². The van der Waals surface area contributed by atoms with Crippen molar-refractivity contribution in [3.63, 3.8) is 0 Å². The molecule has 0 bridgehead atoms. The maximum atomic E-state index is 11.5. The van der Waals surface area contributed by atoms with E-state index in [-0.39, 0.29) is 0 Å². The molecule has 112 valence electrons. The van der Waals surface area contributed by atoms with Gasteiger partial charge in [0, 0.05) is 6.42 Å². The van der Waals surface area contributed by atoms with Crippen molar-refractivity contribution in [2.75, 3.05) is 6.61 Å². The van der Waals surface area contributed by atoms with Crippen molar-refractivity contribution >= 4 is 5.97 Å². The van der Waals surface area contributed by atoms with Gasteiger partial charge in [0.25, 0.3) is 0 Å². The Morgan fingerprint density at radius 1 is 1.19 bits per heavy atom. The Balaban J connectivity index is 1.85. The molecule has 1 aromatic carbocycles. The maximum Gasteiger partial charge on any atom is 0.323 e. The normalized spacial score (nSPS) is 11.9. The monoisotopic (exact) mass is 289 g/mol. The minimum absolute atomic E-state index is 0.310. The van der Waals surface area contributed by atoms with Crippen LogP contribution in [0.3, 0.4) is 0 Å². The summed E-state index contributed by atoms with van der Waals surface area (Å²) < 4.78 is 16.0. The molecule has 0 spiro atoms. The molecule has 0 fully saturated rings. The summed E-state index contributed by atoms with van der Waals surface area (Å²) in [4.78, 5) is 11.5. The Morgan fingerprint density at radius 2 is 1.90 bits per heavy atom. The average molecular weight is 289 g/mol. The van der Waals surface area contributed by atoms with E-state index in [0.717, 1.165) is 5.75 Å². The predicted octanol–water partition coefficient (Wildman–Crippen LogP) is 2.29. The van der Waals surface area contributed by atoms with Crippen molar-refractivity contribution < 1.29 is 18.7 Å². The molecule has 2 aromatic rings. The molecule has 0 radical (unpaired) electrons. The lowest BCUT2D eigenvalue weighted by Crippen LogP contribution is -2.34. The van der Waals surface area contributed by atoms with Gasteiger partial charge in [-0.2, -0.15) is 0 Å². The SMILES string of the molecule is CCOC(=O)C(N)Cc1ccc(COc2ccccc2)o1. The summed E-state index contributed by atoms with van der Waals surface area (Å²) in [6, 6.07) is 12.4. The largest absolute Gasteiger partial charge is 0.486 e. The first-order valence-corrected chi connectivity index (χ1v) is 6.86. The van der Waals surface area contributed by atoms with E-state index in [4.69, 9.17) is 19.6 Å². The van der Waals surface area contributed by atoms with E-state index in [0.29, 0.717) is 31.2 Å². The van der Waals surface area contributed by atoms with E-state index in [1.165, 1.54) is 0 Å². The van der Waals surface area contributed by atoms with Gasteiger partial charge in [0.05, 0.1) is 6.61 Å². The quantitative estimate of drug-likeness (QED) is 0.792. The van der Waals surface area contributed by atoms with Crippen LogP contribution in [0.15, 0.2) is 46.9 Å². The van der Waals surface area contributed by atoms with Crippen LogP contribution in [0.1, 0.15) is 18.4 Å². The minimum atomic E-state index is -0.709. The summed E-state index contributed by atoms with van der Waals surface area (Å²) in [6.45, 7) is 2.40. The second-order valence-corrected chi connectivity index (χ2v) is 4.53. The molecule has 5 heteroatoms. The third kappa shape index (κ3) is 4.65. The molecular weight excluding hydrogens is 270 g/mol. The van der Waals surface area contributed by atoms with E-state index < -0.39 is 12.0 Å². The number of hydrogen-bond acceptors (Lipinski definition) is 5. The van der Waals surface area contributed by atoms with Crippen LogP contribution in [-0.2, 0) is 22.6 Å². The van der Waals surface area contributed by atoms with Crippen molar-refractivity contribution in [3.05, 3.63) is 54.0 Å². The van der Waals surface area contributed by atoms with Crippen molar-refractivity contribution in [1.82, 2.24) is 0 Å². The Hall–Kier alpha value is -2.27. The molecule has 21 heavy (non-hydrogen) atoms. The summed E-state index contributed by atoms with van der Waals surface area (Å²) in [7, 11) is 0. The zero-order valence-electron chi connectivity index (χ0n) is 12.0. The number of para-hydroxylation sites is 1. The van der Waals surface area contributed by atoms with E-state index in [2.05, 4.69) is 0 Å². The molecule has 1 aromatic heterocycles. The van der Waals surface area contributed by atoms with Crippen LogP contribution in [0.25, 0.3) is 0 Å². The molecular formula is C16H19NO4. The fraction of sp³-hybridized carbons (Fsp3) is 0.312. The highest BCUT2D eigenvalue weighted by atomic mass is 16.5. The van der Waals surface area contributed by atoms with Gasteiger partial charge >= 0.3 is 5.97 Å². The summed E-state index contributed by atoms with van der Waals surface area (Å²) in [5.41, 5.74) is 5.74. The number of benzene rings is 1. The van der Waals surface area contributed by atoms with Crippen LogP contribution >= 0.6 is 0 Å². The van der Waals surface area contributed by atoms with Gasteiger partial charge in [-0.25, -0.2) is 0 Å². The first-order chi connectivity index (χ1) is 10.2. The summed E-state index contributed by atoms with van der Waals surface area (Å²) in [6.07, 6.45) is 0.310. The van der Waals surface area contributed by atoms with Crippen molar-refractivity contribution in [1.29, 1.82) is 0 Å². The van der Waals surface area contributed by atoms with Gasteiger partial charge in [0.1, 0.15) is 29.9 Å². The molecule has 0 aliphatic heterocycles. The van der Waals surface area contributed by atoms with Gasteiger partial charge in [0.2, 0.25) is 0 Å². The predicted molar refractivity (Wildman–Crippen MR) is 77.8 cm³/mol. The molecule has 0 amide bonds. The maximum absolute atomic E-state index is 11.5.